The molecule has 0 spiro atoms. The van der Waals surface area contributed by atoms with E-state index in [-0.39, 0.29) is 18.2 Å². The number of nitrogens with zero attached hydrogens (tertiary/aromatic N) is 2. The summed E-state index contributed by atoms with van der Waals surface area (Å²) in [6.07, 6.45) is 0.204. The van der Waals surface area contributed by atoms with Gasteiger partial charge in [-0.2, -0.15) is 0 Å². The Morgan fingerprint density at radius 1 is 1.35 bits per heavy atom. The zero-order chi connectivity index (χ0) is 16.8. The van der Waals surface area contributed by atoms with Gasteiger partial charge in [0.25, 0.3) is 0 Å². The number of hydrogen-bond acceptors (Lipinski definition) is 4. The van der Waals surface area contributed by atoms with Crippen LogP contribution in [0, 0.1) is 0 Å². The van der Waals surface area contributed by atoms with Crippen molar-refractivity contribution < 1.29 is 14.3 Å². The first kappa shape index (κ1) is 17.3. The highest BCUT2D eigenvalue weighted by atomic mass is 16.5. The van der Waals surface area contributed by atoms with Crippen LogP contribution in [0.25, 0.3) is 0 Å². The average Bonchev–Trinajstić information content (AvgIpc) is 2.52. The number of benzene rings is 1. The number of piperazine rings is 1. The highest BCUT2D eigenvalue weighted by Crippen LogP contribution is 2.17. The molecule has 0 radical (unpaired) electrons. The fraction of sp³-hybridized carbons (Fsp3) is 0.529. The van der Waals surface area contributed by atoms with Crippen LogP contribution in [0.5, 0.6) is 5.75 Å². The second-order valence-electron chi connectivity index (χ2n) is 5.85. The third-order valence-corrected chi connectivity index (χ3v) is 3.93. The topological polar surface area (TPSA) is 61.9 Å². The largest absolute Gasteiger partial charge is 0.494 e. The van der Waals surface area contributed by atoms with Gasteiger partial charge in [0.15, 0.2) is 0 Å². The van der Waals surface area contributed by atoms with Crippen LogP contribution < -0.4 is 10.1 Å². The SMILES string of the molecule is CCOc1ccc(CN2CCNC(=O)[C@H]2CC(=O)N(C)C)cc1. The van der Waals surface area contributed by atoms with Crippen LogP contribution in [0.4, 0.5) is 0 Å². The molecule has 2 amide bonds. The Morgan fingerprint density at radius 3 is 2.65 bits per heavy atom. The van der Waals surface area contributed by atoms with Crippen molar-refractivity contribution in [3.05, 3.63) is 29.8 Å². The van der Waals surface area contributed by atoms with E-state index in [1.165, 1.54) is 4.90 Å². The smallest absolute Gasteiger partial charge is 0.237 e. The molecule has 0 unspecified atom stereocenters. The number of ether oxygens (including phenoxy) is 1. The molecule has 1 N–H and O–H groups in total. The monoisotopic (exact) mass is 319 g/mol. The molecule has 0 aromatic heterocycles. The van der Waals surface area contributed by atoms with Crippen molar-refractivity contribution >= 4 is 11.8 Å². The van der Waals surface area contributed by atoms with Gasteiger partial charge < -0.3 is 15.0 Å². The Morgan fingerprint density at radius 2 is 2.04 bits per heavy atom. The number of rotatable bonds is 6. The molecule has 1 atom stereocenters. The molecule has 0 aliphatic carbocycles. The summed E-state index contributed by atoms with van der Waals surface area (Å²) in [6.45, 7) is 4.59. The summed E-state index contributed by atoms with van der Waals surface area (Å²) in [5.41, 5.74) is 1.10. The predicted molar refractivity (Wildman–Crippen MR) is 88.1 cm³/mol. The predicted octanol–water partition coefficient (Wildman–Crippen LogP) is 0.864. The Bertz CT molecular complexity index is 543. The summed E-state index contributed by atoms with van der Waals surface area (Å²) in [7, 11) is 3.42. The average molecular weight is 319 g/mol. The molecule has 6 heteroatoms. The normalized spacial score (nSPS) is 18.4. The van der Waals surface area contributed by atoms with Gasteiger partial charge in [0.05, 0.1) is 19.1 Å². The molecule has 1 aromatic carbocycles. The van der Waals surface area contributed by atoms with Gasteiger partial charge in [-0.1, -0.05) is 12.1 Å². The first-order chi connectivity index (χ1) is 11.0. The van der Waals surface area contributed by atoms with Crippen molar-refractivity contribution in [2.45, 2.75) is 25.9 Å². The second kappa shape index (κ2) is 7.97. The maximum absolute atomic E-state index is 12.1. The summed E-state index contributed by atoms with van der Waals surface area (Å²) >= 11 is 0. The number of hydrogen-bond donors (Lipinski definition) is 1. The Kier molecular flexibility index (Phi) is 5.98. The molecular formula is C17H25N3O3. The fourth-order valence-corrected chi connectivity index (χ4v) is 2.61. The minimum absolute atomic E-state index is 0.0382. The highest BCUT2D eigenvalue weighted by Gasteiger charge is 2.31. The minimum atomic E-state index is -0.412. The number of amides is 2. The fourth-order valence-electron chi connectivity index (χ4n) is 2.61. The van der Waals surface area contributed by atoms with Crippen molar-refractivity contribution in [1.29, 1.82) is 0 Å². The summed E-state index contributed by atoms with van der Waals surface area (Å²) < 4.78 is 5.44. The van der Waals surface area contributed by atoms with Gasteiger partial charge >= 0.3 is 0 Å². The van der Waals surface area contributed by atoms with Crippen LogP contribution in [0.15, 0.2) is 24.3 Å². The molecule has 126 valence electrons. The van der Waals surface area contributed by atoms with E-state index in [0.29, 0.717) is 19.7 Å². The second-order valence-corrected chi connectivity index (χ2v) is 5.85. The van der Waals surface area contributed by atoms with Gasteiger partial charge in [0.2, 0.25) is 11.8 Å². The molecule has 23 heavy (non-hydrogen) atoms. The number of carbonyl (C=O) groups excluding carboxylic acids is 2. The molecule has 1 fully saturated rings. The van der Waals surface area contributed by atoms with Gasteiger partial charge in [-0.3, -0.25) is 14.5 Å². The molecular weight excluding hydrogens is 294 g/mol. The van der Waals surface area contributed by atoms with E-state index in [4.69, 9.17) is 4.74 Å². The highest BCUT2D eigenvalue weighted by molar-refractivity contribution is 5.88. The lowest BCUT2D eigenvalue weighted by Gasteiger charge is -2.35. The van der Waals surface area contributed by atoms with Crippen LogP contribution in [-0.2, 0) is 16.1 Å². The van der Waals surface area contributed by atoms with Gasteiger partial charge in [-0.05, 0) is 24.6 Å². The van der Waals surface area contributed by atoms with Crippen LogP contribution in [0.2, 0.25) is 0 Å². The molecule has 2 rings (SSSR count). The molecule has 6 nitrogen and oxygen atoms in total. The van der Waals surface area contributed by atoms with Gasteiger partial charge in [-0.25, -0.2) is 0 Å². The van der Waals surface area contributed by atoms with Gasteiger partial charge in [0, 0.05) is 33.7 Å². The third kappa shape index (κ3) is 4.69. The van der Waals surface area contributed by atoms with Gasteiger partial charge in [-0.15, -0.1) is 0 Å². The maximum Gasteiger partial charge on any atom is 0.237 e. The molecule has 1 saturated heterocycles. The van der Waals surface area contributed by atoms with Gasteiger partial charge in [0.1, 0.15) is 5.75 Å². The lowest BCUT2D eigenvalue weighted by atomic mass is 10.1. The Balaban J connectivity index is 2.05. The van der Waals surface area contributed by atoms with E-state index in [2.05, 4.69) is 10.2 Å². The molecule has 0 saturated carbocycles. The quantitative estimate of drug-likeness (QED) is 0.845. The van der Waals surface area contributed by atoms with E-state index in [0.717, 1.165) is 17.9 Å². The van der Waals surface area contributed by atoms with E-state index >= 15 is 0 Å². The zero-order valence-electron chi connectivity index (χ0n) is 14.0. The lowest BCUT2D eigenvalue weighted by Crippen LogP contribution is -2.56. The molecule has 1 aliphatic heterocycles. The molecule has 0 bridgehead atoms. The van der Waals surface area contributed by atoms with E-state index < -0.39 is 6.04 Å². The number of carbonyl (C=O) groups is 2. The van der Waals surface area contributed by atoms with Crippen molar-refractivity contribution in [2.24, 2.45) is 0 Å². The molecule has 1 aliphatic rings. The molecule has 1 aromatic rings. The Labute approximate surface area is 137 Å². The minimum Gasteiger partial charge on any atom is -0.494 e. The van der Waals surface area contributed by atoms with E-state index in [1.54, 1.807) is 14.1 Å². The molecule has 1 heterocycles. The summed E-state index contributed by atoms with van der Waals surface area (Å²) in [5.74, 6) is 0.730. The third-order valence-electron chi connectivity index (χ3n) is 3.93. The maximum atomic E-state index is 12.1. The number of nitrogens with one attached hydrogen (secondary N) is 1. The summed E-state index contributed by atoms with van der Waals surface area (Å²) in [4.78, 5) is 27.7. The summed E-state index contributed by atoms with van der Waals surface area (Å²) in [5, 5.41) is 2.85. The summed E-state index contributed by atoms with van der Waals surface area (Å²) in [6, 6.07) is 7.46. The van der Waals surface area contributed by atoms with Crippen molar-refractivity contribution in [1.82, 2.24) is 15.1 Å². The standard InChI is InChI=1S/C17H25N3O3/c1-4-23-14-7-5-13(6-8-14)12-20-10-9-18-17(22)15(20)11-16(21)19(2)3/h5-8,15H,4,9-12H2,1-3H3,(H,18,22)/t15-/m1/s1. The van der Waals surface area contributed by atoms with Crippen LogP contribution >= 0.6 is 0 Å². The van der Waals surface area contributed by atoms with E-state index in [9.17, 15) is 9.59 Å². The first-order valence-electron chi connectivity index (χ1n) is 7.95. The first-order valence-corrected chi connectivity index (χ1v) is 7.95. The van der Waals surface area contributed by atoms with Crippen molar-refractivity contribution in [3.8, 4) is 5.75 Å². The van der Waals surface area contributed by atoms with Crippen LogP contribution in [0.3, 0.4) is 0 Å². The van der Waals surface area contributed by atoms with Crippen molar-refractivity contribution in [3.63, 3.8) is 0 Å². The lowest BCUT2D eigenvalue weighted by molar-refractivity contribution is -0.137. The van der Waals surface area contributed by atoms with Crippen LogP contribution in [0.1, 0.15) is 18.9 Å². The van der Waals surface area contributed by atoms with E-state index in [1.807, 2.05) is 31.2 Å². The Hall–Kier alpha value is -2.08. The van der Waals surface area contributed by atoms with Crippen molar-refractivity contribution in [2.75, 3.05) is 33.8 Å². The zero-order valence-corrected chi connectivity index (χ0v) is 14.0. The van der Waals surface area contributed by atoms with Crippen LogP contribution in [-0.4, -0.2) is 61.4 Å².